The molecule has 0 aliphatic heterocycles. The quantitative estimate of drug-likeness (QED) is 0.336. The predicted molar refractivity (Wildman–Crippen MR) is 134 cm³/mol. The first-order valence-electron chi connectivity index (χ1n) is 10.3. The van der Waals surface area contributed by atoms with E-state index in [2.05, 4.69) is 33.1 Å². The minimum absolute atomic E-state index is 0.150. The highest BCUT2D eigenvalue weighted by Crippen LogP contribution is 2.44. The fourth-order valence-electron chi connectivity index (χ4n) is 3.67. The van der Waals surface area contributed by atoms with E-state index in [4.69, 9.17) is 15.2 Å². The molecule has 3 aromatic carbocycles. The lowest BCUT2D eigenvalue weighted by atomic mass is 9.92. The number of hydrogen-bond acceptors (Lipinski definition) is 6. The van der Waals surface area contributed by atoms with Crippen molar-refractivity contribution in [1.82, 2.24) is 4.98 Å². The second kappa shape index (κ2) is 10.1. The van der Waals surface area contributed by atoms with Gasteiger partial charge in [-0.1, -0.05) is 64.5 Å². The molecular weight excluding hydrogens is 492 g/mol. The Hall–Kier alpha value is -4.33. The summed E-state index contributed by atoms with van der Waals surface area (Å²) in [6.07, 6.45) is 1.67. The van der Waals surface area contributed by atoms with Gasteiger partial charge in [0.2, 0.25) is 0 Å². The molecule has 6 nitrogen and oxygen atoms in total. The van der Waals surface area contributed by atoms with Gasteiger partial charge in [-0.2, -0.15) is 10.5 Å². The van der Waals surface area contributed by atoms with Crippen molar-refractivity contribution in [2.45, 2.75) is 6.61 Å². The molecule has 0 saturated carbocycles. The number of pyridine rings is 1. The highest BCUT2D eigenvalue weighted by molar-refractivity contribution is 9.10. The molecule has 0 spiro atoms. The van der Waals surface area contributed by atoms with Gasteiger partial charge in [-0.25, -0.2) is 4.98 Å². The molecule has 0 radical (unpaired) electrons. The van der Waals surface area contributed by atoms with Crippen molar-refractivity contribution in [2.75, 3.05) is 12.8 Å². The van der Waals surface area contributed by atoms with Crippen molar-refractivity contribution in [3.63, 3.8) is 0 Å². The summed E-state index contributed by atoms with van der Waals surface area (Å²) in [5.74, 6) is 1.12. The summed E-state index contributed by atoms with van der Waals surface area (Å²) in [4.78, 5) is 4.24. The highest BCUT2D eigenvalue weighted by atomic mass is 79.9. The maximum atomic E-state index is 9.90. The van der Waals surface area contributed by atoms with Crippen LogP contribution in [0.15, 0.2) is 77.4 Å². The summed E-state index contributed by atoms with van der Waals surface area (Å²) >= 11 is 3.64. The van der Waals surface area contributed by atoms with E-state index in [9.17, 15) is 10.5 Å². The number of aromatic nitrogens is 1. The number of nitrogen functional groups attached to an aromatic ring is 1. The molecule has 2 N–H and O–H groups in total. The van der Waals surface area contributed by atoms with Crippen LogP contribution in [0.4, 0.5) is 5.82 Å². The van der Waals surface area contributed by atoms with Crippen LogP contribution in [-0.2, 0) is 6.61 Å². The SMILES string of the molecule is COc1cc(-c2c(-c3ccccc3)cnc(N)c2C#N)c(Br)cc1OCc1ccccc1C#N. The molecular formula is C27H19BrN4O2. The van der Waals surface area contributed by atoms with Gasteiger partial charge in [0.15, 0.2) is 11.5 Å². The van der Waals surface area contributed by atoms with Crippen molar-refractivity contribution >= 4 is 21.7 Å². The van der Waals surface area contributed by atoms with E-state index >= 15 is 0 Å². The third kappa shape index (κ3) is 4.43. The van der Waals surface area contributed by atoms with E-state index in [-0.39, 0.29) is 18.0 Å². The minimum atomic E-state index is 0.150. The molecule has 0 saturated heterocycles. The van der Waals surface area contributed by atoms with E-state index in [1.807, 2.05) is 48.5 Å². The largest absolute Gasteiger partial charge is 0.493 e. The van der Waals surface area contributed by atoms with Gasteiger partial charge in [0.25, 0.3) is 0 Å². The third-order valence-corrected chi connectivity index (χ3v) is 6.00. The normalized spacial score (nSPS) is 10.2. The lowest BCUT2D eigenvalue weighted by Gasteiger charge is -2.18. The van der Waals surface area contributed by atoms with E-state index < -0.39 is 0 Å². The van der Waals surface area contributed by atoms with Crippen LogP contribution in [-0.4, -0.2) is 12.1 Å². The third-order valence-electron chi connectivity index (χ3n) is 5.35. The van der Waals surface area contributed by atoms with E-state index in [1.165, 1.54) is 0 Å². The molecule has 7 heteroatoms. The molecule has 0 atom stereocenters. The van der Waals surface area contributed by atoms with Gasteiger partial charge in [-0.3, -0.25) is 0 Å². The molecule has 1 aromatic heterocycles. The summed E-state index contributed by atoms with van der Waals surface area (Å²) in [5, 5.41) is 19.2. The Morgan fingerprint density at radius 1 is 0.941 bits per heavy atom. The monoisotopic (exact) mass is 510 g/mol. The Morgan fingerprint density at radius 3 is 2.38 bits per heavy atom. The summed E-state index contributed by atoms with van der Waals surface area (Å²) in [5.41, 5.74) is 10.7. The molecule has 34 heavy (non-hydrogen) atoms. The fraction of sp³-hybridized carbons (Fsp3) is 0.0741. The van der Waals surface area contributed by atoms with Crippen LogP contribution >= 0.6 is 15.9 Å². The Kier molecular flexibility index (Phi) is 6.77. The lowest BCUT2D eigenvalue weighted by Crippen LogP contribution is -2.02. The first kappa shape index (κ1) is 22.8. The Morgan fingerprint density at radius 2 is 1.68 bits per heavy atom. The molecule has 4 aromatic rings. The smallest absolute Gasteiger partial charge is 0.162 e. The first-order valence-corrected chi connectivity index (χ1v) is 11.1. The highest BCUT2D eigenvalue weighted by Gasteiger charge is 2.21. The topological polar surface area (TPSA) is 105 Å². The number of anilines is 1. The van der Waals surface area contributed by atoms with Gasteiger partial charge in [-0.05, 0) is 23.8 Å². The van der Waals surface area contributed by atoms with E-state index in [0.29, 0.717) is 32.7 Å². The number of benzene rings is 3. The Balaban J connectivity index is 1.82. The molecule has 1 heterocycles. The number of nitriles is 2. The number of hydrogen-bond donors (Lipinski definition) is 1. The van der Waals surface area contributed by atoms with Crippen molar-refractivity contribution in [2.24, 2.45) is 0 Å². The van der Waals surface area contributed by atoms with Crippen LogP contribution in [0.25, 0.3) is 22.3 Å². The molecule has 0 aliphatic rings. The number of methoxy groups -OCH3 is 1. The molecule has 4 rings (SSSR count). The van der Waals surface area contributed by atoms with E-state index in [1.54, 1.807) is 31.5 Å². The second-order valence-corrected chi connectivity index (χ2v) is 8.18. The van der Waals surface area contributed by atoms with Gasteiger partial charge in [0.05, 0.1) is 18.7 Å². The summed E-state index contributed by atoms with van der Waals surface area (Å²) in [6.45, 7) is 0.201. The standard InChI is InChI=1S/C27H19BrN4O2/c1-33-24-11-20(23(28)12-25(24)34-16-19-10-6-5-9-18(19)13-29)26-21(14-30)27(31)32-15-22(26)17-7-3-2-4-8-17/h2-12,15H,16H2,1H3,(H2,31,32). The van der Waals surface area contributed by atoms with E-state index in [0.717, 1.165) is 16.7 Å². The van der Waals surface area contributed by atoms with Crippen LogP contribution in [0.3, 0.4) is 0 Å². The zero-order valence-electron chi connectivity index (χ0n) is 18.2. The van der Waals surface area contributed by atoms with Crippen LogP contribution in [0.2, 0.25) is 0 Å². The van der Waals surface area contributed by atoms with Crippen molar-refractivity contribution in [3.05, 3.63) is 94.1 Å². The Bertz CT molecular complexity index is 1440. The van der Waals surface area contributed by atoms with Gasteiger partial charge in [-0.15, -0.1) is 0 Å². The predicted octanol–water partition coefficient (Wildman–Crippen LogP) is 6.09. The molecule has 0 fully saturated rings. The number of nitrogens with two attached hydrogens (primary N) is 1. The maximum absolute atomic E-state index is 9.90. The molecule has 0 amide bonds. The van der Waals surface area contributed by atoms with Crippen molar-refractivity contribution in [3.8, 4) is 45.9 Å². The summed E-state index contributed by atoms with van der Waals surface area (Å²) in [6, 6.07) is 24.9. The van der Waals surface area contributed by atoms with Gasteiger partial charge >= 0.3 is 0 Å². The molecule has 0 bridgehead atoms. The van der Waals surface area contributed by atoms with Crippen molar-refractivity contribution in [1.29, 1.82) is 10.5 Å². The van der Waals surface area contributed by atoms with Gasteiger partial charge < -0.3 is 15.2 Å². The molecule has 0 aliphatic carbocycles. The van der Waals surface area contributed by atoms with Crippen LogP contribution < -0.4 is 15.2 Å². The zero-order valence-corrected chi connectivity index (χ0v) is 19.8. The van der Waals surface area contributed by atoms with Crippen LogP contribution in [0.1, 0.15) is 16.7 Å². The number of nitrogens with zero attached hydrogens (tertiary/aromatic N) is 3. The molecule has 0 unspecified atom stereocenters. The van der Waals surface area contributed by atoms with Gasteiger partial charge in [0.1, 0.15) is 24.1 Å². The van der Waals surface area contributed by atoms with Gasteiger partial charge in [0, 0.05) is 32.9 Å². The van der Waals surface area contributed by atoms with Crippen LogP contribution in [0, 0.1) is 22.7 Å². The number of halogens is 1. The zero-order chi connectivity index (χ0) is 24.1. The lowest BCUT2D eigenvalue weighted by molar-refractivity contribution is 0.284. The maximum Gasteiger partial charge on any atom is 0.162 e. The summed E-state index contributed by atoms with van der Waals surface area (Å²) in [7, 11) is 1.55. The number of ether oxygens (including phenoxy) is 2. The van der Waals surface area contributed by atoms with Crippen LogP contribution in [0.5, 0.6) is 11.5 Å². The second-order valence-electron chi connectivity index (χ2n) is 7.33. The molecule has 166 valence electrons. The number of rotatable bonds is 6. The fourth-order valence-corrected chi connectivity index (χ4v) is 4.19. The van der Waals surface area contributed by atoms with Crippen molar-refractivity contribution < 1.29 is 9.47 Å². The Labute approximate surface area is 206 Å². The first-order chi connectivity index (χ1) is 16.6. The average molecular weight is 511 g/mol. The minimum Gasteiger partial charge on any atom is -0.493 e. The summed E-state index contributed by atoms with van der Waals surface area (Å²) < 4.78 is 12.3. The average Bonchev–Trinajstić information content (AvgIpc) is 2.88.